The van der Waals surface area contributed by atoms with Gasteiger partial charge in [0.1, 0.15) is 0 Å². The van der Waals surface area contributed by atoms with E-state index in [1.165, 1.54) is 10.9 Å². The normalized spacial score (nSPS) is 11.0. The molecule has 0 atom stereocenters. The zero-order chi connectivity index (χ0) is 14.8. The fourth-order valence-corrected chi connectivity index (χ4v) is 2.77. The fourth-order valence-electron chi connectivity index (χ4n) is 2.64. The van der Waals surface area contributed by atoms with Crippen LogP contribution in [0.2, 0.25) is 5.02 Å². The van der Waals surface area contributed by atoms with Crippen LogP contribution in [0, 0.1) is 0 Å². The van der Waals surface area contributed by atoms with E-state index in [0.29, 0.717) is 17.1 Å². The Bertz CT molecular complexity index is 787. The first-order chi connectivity index (χ1) is 10.2. The summed E-state index contributed by atoms with van der Waals surface area (Å²) in [6.45, 7) is 2.48. The monoisotopic (exact) mass is 297 g/mol. The molecule has 2 aromatic carbocycles. The van der Waals surface area contributed by atoms with Gasteiger partial charge in [0.2, 0.25) is 0 Å². The van der Waals surface area contributed by atoms with Crippen LogP contribution in [0.25, 0.3) is 10.9 Å². The zero-order valence-electron chi connectivity index (χ0n) is 11.8. The number of Topliss-reactive ketones (excluding diaryl/α,β-unsaturated/α-hetero) is 1. The van der Waals surface area contributed by atoms with E-state index in [-0.39, 0.29) is 5.78 Å². The summed E-state index contributed by atoms with van der Waals surface area (Å²) < 4.78 is 2.03. The highest BCUT2D eigenvalue weighted by Crippen LogP contribution is 2.21. The van der Waals surface area contributed by atoms with Gasteiger partial charge in [-0.15, -0.1) is 0 Å². The summed E-state index contributed by atoms with van der Waals surface area (Å²) in [6.07, 6.45) is 2.94. The van der Waals surface area contributed by atoms with Gasteiger partial charge in [-0.2, -0.15) is 0 Å². The van der Waals surface area contributed by atoms with E-state index in [2.05, 4.69) is 31.2 Å². The number of aromatic nitrogens is 1. The zero-order valence-corrected chi connectivity index (χ0v) is 12.6. The standard InChI is InChI=1S/C18H16ClNO/c1-2-13-4-3-5-15-10-11-20(18(13)15)12-17(21)14-6-8-16(19)9-7-14/h3-11H,2,12H2,1H3. The first-order valence-electron chi connectivity index (χ1n) is 7.04. The average molecular weight is 298 g/mol. The van der Waals surface area contributed by atoms with Crippen molar-refractivity contribution in [1.82, 2.24) is 4.57 Å². The van der Waals surface area contributed by atoms with Gasteiger partial charge in [-0.25, -0.2) is 0 Å². The lowest BCUT2D eigenvalue weighted by Gasteiger charge is -2.08. The molecule has 3 rings (SSSR count). The minimum Gasteiger partial charge on any atom is -0.339 e. The van der Waals surface area contributed by atoms with Gasteiger partial charge in [-0.3, -0.25) is 4.79 Å². The Kier molecular flexibility index (Phi) is 3.80. The maximum Gasteiger partial charge on any atom is 0.182 e. The number of halogens is 1. The Morgan fingerprint density at radius 2 is 1.86 bits per heavy atom. The molecular weight excluding hydrogens is 282 g/mol. The van der Waals surface area contributed by atoms with Crippen molar-refractivity contribution in [3.05, 3.63) is 70.9 Å². The number of carbonyl (C=O) groups excluding carboxylic acids is 1. The summed E-state index contributed by atoms with van der Waals surface area (Å²) >= 11 is 5.86. The number of hydrogen-bond donors (Lipinski definition) is 0. The Balaban J connectivity index is 1.94. The van der Waals surface area contributed by atoms with Crippen LogP contribution in [-0.2, 0) is 13.0 Å². The van der Waals surface area contributed by atoms with Crippen LogP contribution < -0.4 is 0 Å². The number of nitrogens with zero attached hydrogens (tertiary/aromatic N) is 1. The van der Waals surface area contributed by atoms with Gasteiger partial charge >= 0.3 is 0 Å². The van der Waals surface area contributed by atoms with Crippen molar-refractivity contribution in [3.8, 4) is 0 Å². The highest BCUT2D eigenvalue weighted by atomic mass is 35.5. The highest BCUT2D eigenvalue weighted by molar-refractivity contribution is 6.30. The lowest BCUT2D eigenvalue weighted by atomic mass is 10.1. The molecule has 0 bridgehead atoms. The van der Waals surface area contributed by atoms with Crippen molar-refractivity contribution in [1.29, 1.82) is 0 Å². The van der Waals surface area contributed by atoms with Gasteiger partial charge in [-0.1, -0.05) is 36.7 Å². The smallest absolute Gasteiger partial charge is 0.182 e. The lowest BCUT2D eigenvalue weighted by molar-refractivity contribution is 0.0973. The van der Waals surface area contributed by atoms with Crippen molar-refractivity contribution in [3.63, 3.8) is 0 Å². The SMILES string of the molecule is CCc1cccc2ccn(CC(=O)c3ccc(Cl)cc3)c12. The molecule has 0 aliphatic carbocycles. The minimum absolute atomic E-state index is 0.0927. The van der Waals surface area contributed by atoms with Gasteiger partial charge in [0.05, 0.1) is 12.1 Å². The van der Waals surface area contributed by atoms with Crippen LogP contribution in [0.4, 0.5) is 0 Å². The molecule has 0 aliphatic heterocycles. The molecule has 0 fully saturated rings. The molecule has 1 aromatic heterocycles. The third-order valence-corrected chi connectivity index (χ3v) is 3.99. The number of aryl methyl sites for hydroxylation is 1. The van der Waals surface area contributed by atoms with Crippen LogP contribution in [0.15, 0.2) is 54.7 Å². The molecule has 0 spiro atoms. The number of para-hydroxylation sites is 1. The second-order valence-corrected chi connectivity index (χ2v) is 5.52. The molecule has 0 amide bonds. The first kappa shape index (κ1) is 13.9. The van der Waals surface area contributed by atoms with E-state index >= 15 is 0 Å². The molecule has 1 heterocycles. The van der Waals surface area contributed by atoms with E-state index in [0.717, 1.165) is 11.9 Å². The van der Waals surface area contributed by atoms with Crippen molar-refractivity contribution in [2.45, 2.75) is 19.9 Å². The van der Waals surface area contributed by atoms with E-state index in [1.54, 1.807) is 24.3 Å². The van der Waals surface area contributed by atoms with E-state index < -0.39 is 0 Å². The Hall–Kier alpha value is -2.06. The van der Waals surface area contributed by atoms with E-state index in [4.69, 9.17) is 11.6 Å². The molecule has 106 valence electrons. The molecule has 2 nitrogen and oxygen atoms in total. The van der Waals surface area contributed by atoms with Gasteiger partial charge in [0.15, 0.2) is 5.78 Å². The van der Waals surface area contributed by atoms with Gasteiger partial charge in [-0.05, 0) is 47.7 Å². The number of fused-ring (bicyclic) bond motifs is 1. The predicted octanol–water partition coefficient (Wildman–Crippen LogP) is 4.74. The maximum atomic E-state index is 12.4. The third-order valence-electron chi connectivity index (χ3n) is 3.73. The molecule has 3 heteroatoms. The number of carbonyl (C=O) groups is 1. The molecule has 0 unspecified atom stereocenters. The summed E-state index contributed by atoms with van der Waals surface area (Å²) in [5.74, 6) is 0.0927. The summed E-state index contributed by atoms with van der Waals surface area (Å²) in [5, 5.41) is 1.82. The number of rotatable bonds is 4. The van der Waals surface area contributed by atoms with Gasteiger partial charge in [0.25, 0.3) is 0 Å². The number of benzene rings is 2. The molecular formula is C18H16ClNO. The molecule has 0 saturated heterocycles. The summed E-state index contributed by atoms with van der Waals surface area (Å²) in [7, 11) is 0. The summed E-state index contributed by atoms with van der Waals surface area (Å²) in [4.78, 5) is 12.4. The van der Waals surface area contributed by atoms with Gasteiger partial charge in [0, 0.05) is 16.8 Å². The van der Waals surface area contributed by atoms with Gasteiger partial charge < -0.3 is 4.57 Å². The summed E-state index contributed by atoms with van der Waals surface area (Å²) in [6, 6.07) is 15.4. The average Bonchev–Trinajstić information content (AvgIpc) is 2.91. The Labute approximate surface area is 129 Å². The Morgan fingerprint density at radius 3 is 2.57 bits per heavy atom. The number of ketones is 1. The molecule has 0 saturated carbocycles. The van der Waals surface area contributed by atoms with Crippen molar-refractivity contribution in [2.24, 2.45) is 0 Å². The molecule has 0 N–H and O–H groups in total. The van der Waals surface area contributed by atoms with Crippen LogP contribution in [0.3, 0.4) is 0 Å². The lowest BCUT2D eigenvalue weighted by Crippen LogP contribution is -2.10. The number of hydrogen-bond acceptors (Lipinski definition) is 1. The predicted molar refractivity (Wildman–Crippen MR) is 87.1 cm³/mol. The largest absolute Gasteiger partial charge is 0.339 e. The molecule has 0 radical (unpaired) electrons. The van der Waals surface area contributed by atoms with Crippen LogP contribution >= 0.6 is 11.6 Å². The quantitative estimate of drug-likeness (QED) is 0.638. The molecule has 0 aliphatic rings. The molecule has 21 heavy (non-hydrogen) atoms. The highest BCUT2D eigenvalue weighted by Gasteiger charge is 2.10. The van der Waals surface area contributed by atoms with Crippen LogP contribution in [0.5, 0.6) is 0 Å². The van der Waals surface area contributed by atoms with Crippen LogP contribution in [0.1, 0.15) is 22.8 Å². The molecule has 3 aromatic rings. The van der Waals surface area contributed by atoms with E-state index in [1.807, 2.05) is 10.8 Å². The summed E-state index contributed by atoms with van der Waals surface area (Å²) in [5.41, 5.74) is 3.11. The second kappa shape index (κ2) is 5.74. The van der Waals surface area contributed by atoms with E-state index in [9.17, 15) is 4.79 Å². The topological polar surface area (TPSA) is 22.0 Å². The minimum atomic E-state index is 0.0927. The maximum absolute atomic E-state index is 12.4. The van der Waals surface area contributed by atoms with Crippen molar-refractivity contribution in [2.75, 3.05) is 0 Å². The van der Waals surface area contributed by atoms with Crippen LogP contribution in [-0.4, -0.2) is 10.4 Å². The van der Waals surface area contributed by atoms with Crippen molar-refractivity contribution < 1.29 is 4.79 Å². The Morgan fingerprint density at radius 1 is 1.10 bits per heavy atom. The fraction of sp³-hybridized carbons (Fsp3) is 0.167. The second-order valence-electron chi connectivity index (χ2n) is 5.08. The van der Waals surface area contributed by atoms with Crippen molar-refractivity contribution >= 4 is 28.3 Å². The first-order valence-corrected chi connectivity index (χ1v) is 7.42. The third kappa shape index (κ3) is 2.72.